The number of β-amino-alcohol motifs (C(OH)–C–C–N with tert-alkyl or cyclic N) is 1. The molecule has 1 fully saturated rings. The van der Waals surface area contributed by atoms with Gasteiger partial charge in [-0.05, 0) is 35.4 Å². The van der Waals surface area contributed by atoms with Crippen LogP contribution in [0, 0.1) is 0 Å². The number of aliphatic hydroxyl groups is 1. The molecule has 2 aliphatic rings. The number of morpholine rings is 1. The molecule has 1 unspecified atom stereocenters. The molecule has 0 bridgehead atoms. The number of nitrogens with zero attached hydrogens (tertiary/aromatic N) is 2. The third-order valence-electron chi connectivity index (χ3n) is 5.55. The predicted molar refractivity (Wildman–Crippen MR) is 106 cm³/mol. The molecule has 5 nitrogen and oxygen atoms in total. The Morgan fingerprint density at radius 3 is 2.33 bits per heavy atom. The first kappa shape index (κ1) is 21.1. The van der Waals surface area contributed by atoms with E-state index in [0.29, 0.717) is 52.5 Å². The Bertz CT molecular complexity index is 852. The van der Waals surface area contributed by atoms with Crippen LogP contribution in [0.15, 0.2) is 42.5 Å². The highest BCUT2D eigenvalue weighted by Crippen LogP contribution is 2.33. The maximum Gasteiger partial charge on any atom is 0.416 e. The van der Waals surface area contributed by atoms with Gasteiger partial charge in [0.1, 0.15) is 18.6 Å². The van der Waals surface area contributed by atoms with Crippen molar-refractivity contribution in [2.24, 2.45) is 0 Å². The lowest BCUT2D eigenvalue weighted by molar-refractivity contribution is -0.137. The van der Waals surface area contributed by atoms with Gasteiger partial charge in [-0.3, -0.25) is 9.80 Å². The van der Waals surface area contributed by atoms with E-state index in [4.69, 9.17) is 9.47 Å². The van der Waals surface area contributed by atoms with Crippen molar-refractivity contribution >= 4 is 0 Å². The lowest BCUT2D eigenvalue weighted by atomic mass is 10.0. The van der Waals surface area contributed by atoms with Gasteiger partial charge in [0.15, 0.2) is 0 Å². The van der Waals surface area contributed by atoms with Gasteiger partial charge < -0.3 is 14.6 Å². The van der Waals surface area contributed by atoms with Gasteiger partial charge in [0.2, 0.25) is 0 Å². The zero-order chi connectivity index (χ0) is 21.1. The third-order valence-corrected chi connectivity index (χ3v) is 5.55. The standard InChI is InChI=1S/C22H25F3N2O3/c23-22(24,25)19-4-1-16(2-5-19)17-3-6-20-18(13-17)14-26(7-12-30-20)15-21(28)27-8-10-29-11-9-27/h1-6,13,21,28H,7-12,14-15H2. The summed E-state index contributed by atoms with van der Waals surface area (Å²) in [5.41, 5.74) is 1.85. The quantitative estimate of drug-likeness (QED) is 0.820. The highest BCUT2D eigenvalue weighted by atomic mass is 19.4. The van der Waals surface area contributed by atoms with E-state index in [0.717, 1.165) is 34.6 Å². The van der Waals surface area contributed by atoms with Crippen LogP contribution in [0.2, 0.25) is 0 Å². The molecule has 0 amide bonds. The molecule has 0 aliphatic carbocycles. The zero-order valence-corrected chi connectivity index (χ0v) is 16.6. The molecule has 2 heterocycles. The molecule has 8 heteroatoms. The van der Waals surface area contributed by atoms with Gasteiger partial charge >= 0.3 is 6.18 Å². The highest BCUT2D eigenvalue weighted by Gasteiger charge is 2.30. The number of halogens is 3. The van der Waals surface area contributed by atoms with Gasteiger partial charge in [-0.2, -0.15) is 13.2 Å². The highest BCUT2D eigenvalue weighted by molar-refractivity contribution is 5.66. The first-order valence-electron chi connectivity index (χ1n) is 10.1. The van der Waals surface area contributed by atoms with E-state index in [9.17, 15) is 18.3 Å². The lowest BCUT2D eigenvalue weighted by Crippen LogP contribution is -2.49. The minimum absolute atomic E-state index is 0.493. The van der Waals surface area contributed by atoms with Crippen molar-refractivity contribution in [3.8, 4) is 16.9 Å². The molecule has 0 radical (unpaired) electrons. The summed E-state index contributed by atoms with van der Waals surface area (Å²) in [6.45, 7) is 4.96. The first-order chi connectivity index (χ1) is 14.4. The van der Waals surface area contributed by atoms with E-state index in [1.54, 1.807) is 0 Å². The van der Waals surface area contributed by atoms with Crippen molar-refractivity contribution in [1.82, 2.24) is 9.80 Å². The molecule has 4 rings (SSSR count). The van der Waals surface area contributed by atoms with Crippen LogP contribution < -0.4 is 4.74 Å². The monoisotopic (exact) mass is 422 g/mol. The lowest BCUT2D eigenvalue weighted by Gasteiger charge is -2.33. The van der Waals surface area contributed by atoms with Crippen LogP contribution in [-0.2, 0) is 17.5 Å². The maximum atomic E-state index is 12.8. The van der Waals surface area contributed by atoms with Crippen molar-refractivity contribution in [3.63, 3.8) is 0 Å². The van der Waals surface area contributed by atoms with Gasteiger partial charge in [0, 0.05) is 38.3 Å². The molecule has 1 saturated heterocycles. The molecule has 2 aliphatic heterocycles. The zero-order valence-electron chi connectivity index (χ0n) is 16.6. The van der Waals surface area contributed by atoms with Crippen molar-refractivity contribution in [2.75, 3.05) is 46.0 Å². The first-order valence-corrected chi connectivity index (χ1v) is 10.1. The van der Waals surface area contributed by atoms with Crippen LogP contribution in [0.5, 0.6) is 5.75 Å². The fourth-order valence-corrected chi connectivity index (χ4v) is 3.86. The summed E-state index contributed by atoms with van der Waals surface area (Å²) in [7, 11) is 0. The van der Waals surface area contributed by atoms with Gasteiger partial charge in [-0.1, -0.05) is 18.2 Å². The summed E-state index contributed by atoms with van der Waals surface area (Å²) in [6, 6.07) is 10.9. The Morgan fingerprint density at radius 1 is 0.933 bits per heavy atom. The number of fused-ring (bicyclic) bond motifs is 1. The topological polar surface area (TPSA) is 45.2 Å². The van der Waals surface area contributed by atoms with Crippen LogP contribution in [0.3, 0.4) is 0 Å². The maximum absolute atomic E-state index is 12.8. The summed E-state index contributed by atoms with van der Waals surface area (Å²) in [6.07, 6.45) is -4.92. The number of rotatable bonds is 4. The number of hydrogen-bond acceptors (Lipinski definition) is 5. The van der Waals surface area contributed by atoms with E-state index in [2.05, 4.69) is 4.90 Å². The summed E-state index contributed by atoms with van der Waals surface area (Å²) < 4.78 is 49.7. The molecule has 0 spiro atoms. The number of alkyl halides is 3. The summed E-state index contributed by atoms with van der Waals surface area (Å²) >= 11 is 0. The second kappa shape index (κ2) is 8.93. The van der Waals surface area contributed by atoms with Crippen LogP contribution in [0.1, 0.15) is 11.1 Å². The predicted octanol–water partition coefficient (Wildman–Crippen LogP) is 3.22. The van der Waals surface area contributed by atoms with Gasteiger partial charge in [0.25, 0.3) is 0 Å². The Balaban J connectivity index is 1.48. The molecular weight excluding hydrogens is 397 g/mol. The summed E-state index contributed by atoms with van der Waals surface area (Å²) in [5.74, 6) is 0.772. The number of ether oxygens (including phenoxy) is 2. The molecule has 0 saturated carbocycles. The molecular formula is C22H25F3N2O3. The van der Waals surface area contributed by atoms with Crippen molar-refractivity contribution in [1.29, 1.82) is 0 Å². The van der Waals surface area contributed by atoms with Crippen LogP contribution >= 0.6 is 0 Å². The van der Waals surface area contributed by atoms with E-state index in [-0.39, 0.29) is 0 Å². The Hall–Kier alpha value is -2.13. The van der Waals surface area contributed by atoms with Crippen LogP contribution in [-0.4, -0.2) is 67.1 Å². The molecule has 1 N–H and O–H groups in total. The number of benzene rings is 2. The average Bonchev–Trinajstić information content (AvgIpc) is 2.95. The van der Waals surface area contributed by atoms with E-state index < -0.39 is 18.0 Å². The SMILES string of the molecule is OC(CN1CCOc2ccc(-c3ccc(C(F)(F)F)cc3)cc2C1)N1CCOCC1. The van der Waals surface area contributed by atoms with Crippen LogP contribution in [0.25, 0.3) is 11.1 Å². The van der Waals surface area contributed by atoms with Gasteiger partial charge in [-0.25, -0.2) is 0 Å². The number of hydrogen-bond donors (Lipinski definition) is 1. The van der Waals surface area contributed by atoms with Crippen LogP contribution in [0.4, 0.5) is 13.2 Å². The van der Waals surface area contributed by atoms with E-state index in [1.165, 1.54) is 12.1 Å². The largest absolute Gasteiger partial charge is 0.492 e. The van der Waals surface area contributed by atoms with Gasteiger partial charge in [-0.15, -0.1) is 0 Å². The molecule has 2 aromatic rings. The minimum Gasteiger partial charge on any atom is -0.492 e. The second-order valence-corrected chi connectivity index (χ2v) is 7.61. The fourth-order valence-electron chi connectivity index (χ4n) is 3.86. The molecule has 162 valence electrons. The Kier molecular flexibility index (Phi) is 6.29. The Morgan fingerprint density at radius 2 is 1.63 bits per heavy atom. The number of aliphatic hydroxyl groups excluding tert-OH is 1. The average molecular weight is 422 g/mol. The van der Waals surface area contributed by atoms with Crippen molar-refractivity contribution in [2.45, 2.75) is 18.9 Å². The Labute approximate surface area is 173 Å². The normalized spacial score (nSPS) is 19.6. The molecule has 30 heavy (non-hydrogen) atoms. The fraction of sp³-hybridized carbons (Fsp3) is 0.455. The molecule has 0 aromatic heterocycles. The molecule has 2 aromatic carbocycles. The van der Waals surface area contributed by atoms with E-state index in [1.807, 2.05) is 23.1 Å². The minimum atomic E-state index is -4.35. The van der Waals surface area contributed by atoms with Crippen molar-refractivity contribution in [3.05, 3.63) is 53.6 Å². The second-order valence-electron chi connectivity index (χ2n) is 7.61. The van der Waals surface area contributed by atoms with Crippen molar-refractivity contribution < 1.29 is 27.8 Å². The molecule has 1 atom stereocenters. The van der Waals surface area contributed by atoms with Gasteiger partial charge in [0.05, 0.1) is 18.8 Å². The third kappa shape index (κ3) is 4.95. The smallest absolute Gasteiger partial charge is 0.416 e. The summed E-state index contributed by atoms with van der Waals surface area (Å²) in [4.78, 5) is 4.15. The summed E-state index contributed by atoms with van der Waals surface area (Å²) in [5, 5.41) is 10.6. The van der Waals surface area contributed by atoms with E-state index >= 15 is 0 Å².